The van der Waals surface area contributed by atoms with Crippen molar-refractivity contribution in [3.8, 4) is 0 Å². The third-order valence-electron chi connectivity index (χ3n) is 1.78. The summed E-state index contributed by atoms with van der Waals surface area (Å²) in [6.07, 6.45) is 1.41. The van der Waals surface area contributed by atoms with E-state index < -0.39 is 27.6 Å². The zero-order valence-corrected chi connectivity index (χ0v) is 23.2. The van der Waals surface area contributed by atoms with Gasteiger partial charge in [-0.3, -0.25) is 4.99 Å². The average molecular weight is 610 g/mol. The largest absolute Gasteiger partial charge is 0.777 e. The predicted molar refractivity (Wildman–Crippen MR) is 97.0 cm³/mol. The minimum atomic E-state index is -2.43. The minimum absolute atomic E-state index is 0. The van der Waals surface area contributed by atoms with Crippen molar-refractivity contribution in [1.82, 2.24) is 4.98 Å². The molecule has 1 rings (SSSR count). The van der Waals surface area contributed by atoms with Gasteiger partial charge in [0.2, 0.25) is 0 Å². The third kappa shape index (κ3) is 15.9. The molecule has 1 aromatic rings. The van der Waals surface area contributed by atoms with Crippen LogP contribution in [0, 0.1) is 0 Å². The van der Waals surface area contributed by atoms with Crippen LogP contribution in [0.4, 0.5) is 5.13 Å². The van der Waals surface area contributed by atoms with Gasteiger partial charge in [0.05, 0.1) is 0 Å². The van der Waals surface area contributed by atoms with Gasteiger partial charge in [0, 0.05) is 88.5 Å². The Morgan fingerprint density at radius 3 is 2.33 bits per heavy atom. The summed E-state index contributed by atoms with van der Waals surface area (Å²) in [6, 6.07) is 0. The zero-order chi connectivity index (χ0) is 19.4. The van der Waals surface area contributed by atoms with E-state index in [1.54, 1.807) is 18.7 Å². The molecule has 0 aliphatic carbocycles. The SMILES string of the molecule is CN=C(C(=O)OS(=O)OC=[N-])c1csc(N)n1.C[N+](C)=COS(=O)Cl.[Y].[Y]. The molecule has 0 saturated heterocycles. The molecule has 17 heteroatoms. The summed E-state index contributed by atoms with van der Waals surface area (Å²) in [7, 11) is 8.02. The van der Waals surface area contributed by atoms with Crippen molar-refractivity contribution in [3.63, 3.8) is 0 Å². The van der Waals surface area contributed by atoms with E-state index in [0.29, 0.717) is 0 Å². The van der Waals surface area contributed by atoms with Crippen LogP contribution in [-0.2, 0) is 104 Å². The molecule has 27 heavy (non-hydrogen) atoms. The Kier molecular flexibility index (Phi) is 21.7. The first-order valence-electron chi connectivity index (χ1n) is 5.91. The molecule has 2 atom stereocenters. The first kappa shape index (κ1) is 32.0. The van der Waals surface area contributed by atoms with E-state index in [2.05, 4.69) is 22.5 Å². The van der Waals surface area contributed by atoms with Crippen LogP contribution in [0.15, 0.2) is 10.4 Å². The summed E-state index contributed by atoms with van der Waals surface area (Å²) >= 11 is -1.31. The number of nitrogen functional groups attached to an aromatic ring is 1. The van der Waals surface area contributed by atoms with Crippen LogP contribution < -0.4 is 5.73 Å². The number of anilines is 1. The Hall–Kier alpha value is 0.308. The van der Waals surface area contributed by atoms with Gasteiger partial charge in [-0.1, -0.05) is 0 Å². The van der Waals surface area contributed by atoms with Gasteiger partial charge in [-0.05, 0) is 6.40 Å². The number of rotatable bonds is 7. The number of aliphatic imine (C=N–C) groups is 1. The topological polar surface area (TPSA) is 155 Å². The van der Waals surface area contributed by atoms with Crippen LogP contribution >= 0.6 is 22.0 Å². The number of hydrogen-bond donors (Lipinski definition) is 1. The number of carbonyl (C=O) groups excluding carboxylic acids is 1. The summed E-state index contributed by atoms with van der Waals surface area (Å²) in [5, 5.41) is 9.94. The van der Waals surface area contributed by atoms with Gasteiger partial charge in [0.1, 0.15) is 19.8 Å². The number of nitrogens with zero attached hydrogens (tertiary/aromatic N) is 4. The van der Waals surface area contributed by atoms with Gasteiger partial charge in [0.25, 0.3) is 0 Å². The molecule has 0 saturated carbocycles. The van der Waals surface area contributed by atoms with Gasteiger partial charge in [0.15, 0.2) is 10.8 Å². The average Bonchev–Trinajstić information content (AvgIpc) is 2.93. The van der Waals surface area contributed by atoms with E-state index in [0.717, 1.165) is 11.3 Å². The van der Waals surface area contributed by atoms with Crippen molar-refractivity contribution in [1.29, 1.82) is 0 Å². The molecule has 1 aromatic heterocycles. The maximum atomic E-state index is 11.5. The molecule has 2 N–H and O–H groups in total. The molecular formula is C10H14ClN5O6S3Y2. The van der Waals surface area contributed by atoms with Gasteiger partial charge < -0.3 is 23.7 Å². The molecule has 0 amide bonds. The second kappa shape index (κ2) is 18.3. The number of aromatic nitrogens is 1. The van der Waals surface area contributed by atoms with E-state index in [9.17, 15) is 13.2 Å². The third-order valence-corrected chi connectivity index (χ3v) is 3.44. The maximum Gasteiger partial charge on any atom is 0.418 e. The van der Waals surface area contributed by atoms with Crippen LogP contribution in [0.1, 0.15) is 5.69 Å². The minimum Gasteiger partial charge on any atom is -0.777 e. The van der Waals surface area contributed by atoms with E-state index in [4.69, 9.17) is 21.8 Å². The fourth-order valence-electron chi connectivity index (χ4n) is 0.983. The normalized spacial score (nSPS) is 11.8. The van der Waals surface area contributed by atoms with Crippen molar-refractivity contribution in [3.05, 3.63) is 16.5 Å². The summed E-state index contributed by atoms with van der Waals surface area (Å²) < 4.78 is 35.1. The fraction of sp³-hybridized carbons (Fsp3) is 0.300. The molecule has 0 spiro atoms. The predicted octanol–water partition coefficient (Wildman–Crippen LogP) is -0.00370. The Morgan fingerprint density at radius 2 is 2.00 bits per heavy atom. The van der Waals surface area contributed by atoms with Gasteiger partial charge in [-0.15, -0.1) is 11.3 Å². The van der Waals surface area contributed by atoms with Gasteiger partial charge in [-0.25, -0.2) is 14.4 Å². The number of halogens is 1. The van der Waals surface area contributed by atoms with Crippen molar-refractivity contribution in [2.45, 2.75) is 0 Å². The van der Waals surface area contributed by atoms with Crippen LogP contribution in [0.2, 0.25) is 0 Å². The number of nitrogens with two attached hydrogens (primary N) is 1. The number of hydrogen-bond acceptors (Lipinski definition) is 10. The van der Waals surface area contributed by atoms with E-state index in [-0.39, 0.29) is 88.4 Å². The number of carbonyl (C=O) groups is 1. The molecule has 0 bridgehead atoms. The van der Waals surface area contributed by atoms with Crippen LogP contribution in [0.3, 0.4) is 0 Å². The molecule has 2 unspecified atom stereocenters. The van der Waals surface area contributed by atoms with E-state index in [1.165, 1.54) is 18.8 Å². The monoisotopic (exact) mass is 609 g/mol. The summed E-state index contributed by atoms with van der Waals surface area (Å²) in [4.78, 5) is 18.9. The number of thiazole rings is 1. The molecular weight excluding hydrogens is 596 g/mol. The van der Waals surface area contributed by atoms with Gasteiger partial charge in [-0.2, -0.15) is 8.42 Å². The van der Waals surface area contributed by atoms with E-state index >= 15 is 0 Å². The zero-order valence-electron chi connectivity index (χ0n) is 14.3. The molecule has 0 aromatic carbocycles. The quantitative estimate of drug-likeness (QED) is 0.196. The van der Waals surface area contributed by atoms with Gasteiger partial charge >= 0.3 is 34.0 Å². The summed E-state index contributed by atoms with van der Waals surface area (Å²) in [6.45, 7) is 0. The Balaban J connectivity index is -0.000000496. The van der Waals surface area contributed by atoms with Crippen LogP contribution in [0.5, 0.6) is 0 Å². The fourth-order valence-corrected chi connectivity index (χ4v) is 2.18. The second-order valence-electron chi connectivity index (χ2n) is 3.78. The molecule has 0 aliphatic heterocycles. The molecule has 0 aliphatic rings. The standard InChI is InChI=1S/C7H7N4O4S2.C3H7ClNO2S.2Y/c1-10-5(4-2-16-7(9)11-4)6(12)15-17(13)14-3-8;1-5(2)3-7-8(4)6;;/h2-3H,1H3,(H2,9,11);3H,1-2H3;;/q-1;+1;;. The van der Waals surface area contributed by atoms with Crippen molar-refractivity contribution < 1.29 is 95.8 Å². The van der Waals surface area contributed by atoms with Crippen molar-refractivity contribution in [2.24, 2.45) is 4.99 Å². The van der Waals surface area contributed by atoms with Crippen LogP contribution in [-0.4, -0.2) is 63.6 Å². The van der Waals surface area contributed by atoms with Crippen LogP contribution in [0.25, 0.3) is 5.41 Å². The maximum absolute atomic E-state index is 11.5. The van der Waals surface area contributed by atoms with Crippen molar-refractivity contribution >= 4 is 73.3 Å². The first-order valence-corrected chi connectivity index (χ1v) is 9.69. The Labute approximate surface area is 219 Å². The Morgan fingerprint density at radius 1 is 1.41 bits per heavy atom. The first-order chi connectivity index (χ1) is 11.7. The molecule has 1 heterocycles. The molecule has 0 fully saturated rings. The molecule has 2 radical (unpaired) electrons. The van der Waals surface area contributed by atoms with E-state index in [1.807, 2.05) is 0 Å². The summed E-state index contributed by atoms with van der Waals surface area (Å²) in [5.74, 6) is -1.00. The van der Waals surface area contributed by atoms with Crippen molar-refractivity contribution in [2.75, 3.05) is 26.9 Å². The smallest absolute Gasteiger partial charge is 0.418 e. The Bertz CT molecular complexity index is 713. The second-order valence-corrected chi connectivity index (χ2v) is 6.77. The molecule has 11 nitrogen and oxygen atoms in total. The molecule has 146 valence electrons. The summed E-state index contributed by atoms with van der Waals surface area (Å²) in [5.41, 5.74) is 5.47.